The fraction of sp³-hybridized carbons (Fsp3) is 0.884. The number of rotatable bonds is 42. The van der Waals surface area contributed by atoms with Gasteiger partial charge in [0.1, 0.15) is 12.6 Å². The van der Waals surface area contributed by atoms with E-state index in [0.717, 1.165) is 57.8 Å². The van der Waals surface area contributed by atoms with Crippen LogP contribution < -0.4 is 5.73 Å². The van der Waals surface area contributed by atoms with Gasteiger partial charge in [-0.1, -0.05) is 174 Å². The van der Waals surface area contributed by atoms with Crippen LogP contribution in [0.3, 0.4) is 0 Å². The highest BCUT2D eigenvalue weighted by atomic mass is 31.2. The van der Waals surface area contributed by atoms with Crippen LogP contribution >= 0.6 is 7.82 Å². The summed E-state index contributed by atoms with van der Waals surface area (Å²) in [7, 11) is -4.71. The second kappa shape index (κ2) is 39.1. The third kappa shape index (κ3) is 38.9. The molecule has 0 bridgehead atoms. The molecule has 0 amide bonds. The predicted octanol–water partition coefficient (Wildman–Crippen LogP) is 11.7. The van der Waals surface area contributed by atoms with Crippen molar-refractivity contribution in [2.24, 2.45) is 5.73 Å². The van der Waals surface area contributed by atoms with Gasteiger partial charge in [0.2, 0.25) is 0 Å². The topological polar surface area (TPSA) is 172 Å². The zero-order valence-corrected chi connectivity index (χ0v) is 35.9. The summed E-state index contributed by atoms with van der Waals surface area (Å²) >= 11 is 0. The Hall–Kier alpha value is -1.78. The van der Waals surface area contributed by atoms with Crippen LogP contribution in [0.2, 0.25) is 0 Å². The van der Waals surface area contributed by atoms with Gasteiger partial charge in [0.25, 0.3) is 0 Å². The van der Waals surface area contributed by atoms with E-state index in [0.29, 0.717) is 12.8 Å². The van der Waals surface area contributed by atoms with Crippen LogP contribution in [0.5, 0.6) is 0 Å². The molecule has 0 saturated heterocycles. The first-order chi connectivity index (χ1) is 26.6. The zero-order chi connectivity index (χ0) is 40.7. The Kier molecular flexibility index (Phi) is 37.8. The van der Waals surface area contributed by atoms with Crippen molar-refractivity contribution in [1.82, 2.24) is 0 Å². The molecular formula is C43H82NO10P. The molecule has 0 spiro atoms. The number of phosphoric ester groups is 1. The summed E-state index contributed by atoms with van der Waals surface area (Å²) in [4.78, 5) is 45.9. The number of nitrogens with two attached hydrogens (primary N) is 1. The molecule has 0 radical (unpaired) electrons. The molecule has 0 aromatic carbocycles. The second-order valence-electron chi connectivity index (χ2n) is 15.2. The average Bonchev–Trinajstić information content (AvgIpc) is 3.16. The van der Waals surface area contributed by atoms with E-state index in [-0.39, 0.29) is 19.4 Å². The summed E-state index contributed by atoms with van der Waals surface area (Å²) in [6.45, 7) is 2.79. The lowest BCUT2D eigenvalue weighted by molar-refractivity contribution is -0.161. The van der Waals surface area contributed by atoms with Crippen molar-refractivity contribution in [3.63, 3.8) is 0 Å². The molecule has 0 aromatic rings. The van der Waals surface area contributed by atoms with Crippen LogP contribution in [-0.2, 0) is 37.5 Å². The highest BCUT2D eigenvalue weighted by molar-refractivity contribution is 7.47. The van der Waals surface area contributed by atoms with E-state index in [4.69, 9.17) is 24.8 Å². The van der Waals surface area contributed by atoms with Gasteiger partial charge in [-0.15, -0.1) is 0 Å². The van der Waals surface area contributed by atoms with E-state index >= 15 is 0 Å². The van der Waals surface area contributed by atoms with E-state index in [9.17, 15) is 23.8 Å². The number of allylic oxidation sites excluding steroid dienone is 2. The lowest BCUT2D eigenvalue weighted by Crippen LogP contribution is -2.34. The average molecular weight is 804 g/mol. The number of phosphoric acid groups is 1. The highest BCUT2D eigenvalue weighted by Crippen LogP contribution is 2.43. The van der Waals surface area contributed by atoms with Crippen molar-refractivity contribution in [2.75, 3.05) is 19.8 Å². The Bertz CT molecular complexity index is 995. The summed E-state index contributed by atoms with van der Waals surface area (Å²) in [6.07, 6.45) is 38.5. The van der Waals surface area contributed by atoms with Gasteiger partial charge in [-0.05, 0) is 38.5 Å². The maximum Gasteiger partial charge on any atom is 0.472 e. The van der Waals surface area contributed by atoms with Gasteiger partial charge in [0, 0.05) is 12.8 Å². The normalized spacial score (nSPS) is 13.8. The van der Waals surface area contributed by atoms with E-state index in [1.165, 1.54) is 116 Å². The number of esters is 2. The van der Waals surface area contributed by atoms with E-state index in [2.05, 4.69) is 30.5 Å². The van der Waals surface area contributed by atoms with Gasteiger partial charge in [0.15, 0.2) is 6.10 Å². The van der Waals surface area contributed by atoms with Crippen LogP contribution in [0.4, 0.5) is 0 Å². The molecule has 324 valence electrons. The molecule has 0 aliphatic carbocycles. The Labute approximate surface area is 335 Å². The van der Waals surface area contributed by atoms with Gasteiger partial charge in [-0.3, -0.25) is 23.4 Å². The molecular weight excluding hydrogens is 721 g/mol. The van der Waals surface area contributed by atoms with Gasteiger partial charge in [-0.25, -0.2) is 4.57 Å². The number of carboxylic acid groups (broad SMARTS) is 1. The third-order valence-corrected chi connectivity index (χ3v) is 10.7. The number of carbonyl (C=O) groups excluding carboxylic acids is 2. The van der Waals surface area contributed by atoms with Crippen molar-refractivity contribution in [2.45, 2.75) is 225 Å². The highest BCUT2D eigenvalue weighted by Gasteiger charge is 2.28. The summed E-state index contributed by atoms with van der Waals surface area (Å²) in [5, 5.41) is 8.88. The third-order valence-electron chi connectivity index (χ3n) is 9.76. The van der Waals surface area contributed by atoms with Crippen LogP contribution in [-0.4, -0.2) is 59.9 Å². The SMILES string of the molecule is CCCCC/C=C\CCCCCCCC(=O)OC(COC(=O)CCCCCCCCCCCCCCCCCCCCC)COP(=O)(O)OCC(N)C(=O)O. The Morgan fingerprint density at radius 2 is 0.909 bits per heavy atom. The number of unbranched alkanes of at least 4 members (excludes halogenated alkanes) is 26. The summed E-state index contributed by atoms with van der Waals surface area (Å²) in [5.74, 6) is -2.38. The van der Waals surface area contributed by atoms with Gasteiger partial charge in [0.05, 0.1) is 13.2 Å². The molecule has 11 nitrogen and oxygen atoms in total. The number of hydrogen-bond donors (Lipinski definition) is 3. The summed E-state index contributed by atoms with van der Waals surface area (Å²) < 4.78 is 32.7. The van der Waals surface area contributed by atoms with Crippen LogP contribution in [0.25, 0.3) is 0 Å². The first-order valence-electron chi connectivity index (χ1n) is 22.2. The van der Waals surface area contributed by atoms with E-state index < -0.39 is 51.1 Å². The number of carbonyl (C=O) groups is 3. The lowest BCUT2D eigenvalue weighted by Gasteiger charge is -2.20. The predicted molar refractivity (Wildman–Crippen MR) is 222 cm³/mol. The quantitative estimate of drug-likeness (QED) is 0.0232. The minimum absolute atomic E-state index is 0.155. The molecule has 4 N–H and O–H groups in total. The molecule has 0 aliphatic heterocycles. The zero-order valence-electron chi connectivity index (χ0n) is 35.0. The molecule has 12 heteroatoms. The largest absolute Gasteiger partial charge is 0.480 e. The standard InChI is InChI=1S/C43H82NO10P/c1-3-5-7-9-11-13-15-17-18-19-20-21-22-23-25-26-28-30-32-34-41(45)51-36-39(37-52-55(49,50)53-38-40(44)43(47)48)54-42(46)35-33-31-29-27-24-16-14-12-10-8-6-4-2/h12,14,39-40H,3-11,13,15-38,44H2,1-2H3,(H,47,48)(H,49,50)/b14-12-. The van der Waals surface area contributed by atoms with Crippen molar-refractivity contribution < 1.29 is 47.5 Å². The van der Waals surface area contributed by atoms with Gasteiger partial charge >= 0.3 is 25.7 Å². The molecule has 0 heterocycles. The second-order valence-corrected chi connectivity index (χ2v) is 16.6. The Morgan fingerprint density at radius 3 is 1.36 bits per heavy atom. The minimum Gasteiger partial charge on any atom is -0.480 e. The Morgan fingerprint density at radius 1 is 0.545 bits per heavy atom. The molecule has 0 saturated carbocycles. The molecule has 0 aliphatic rings. The van der Waals surface area contributed by atoms with Crippen molar-refractivity contribution in [3.05, 3.63) is 12.2 Å². The number of hydrogen-bond acceptors (Lipinski definition) is 9. The van der Waals surface area contributed by atoms with E-state index in [1.807, 2.05) is 0 Å². The molecule has 0 fully saturated rings. The lowest BCUT2D eigenvalue weighted by atomic mass is 10.0. The molecule has 0 rings (SSSR count). The van der Waals surface area contributed by atoms with E-state index in [1.54, 1.807) is 0 Å². The monoisotopic (exact) mass is 804 g/mol. The molecule has 3 atom stereocenters. The van der Waals surface area contributed by atoms with Crippen LogP contribution in [0, 0.1) is 0 Å². The smallest absolute Gasteiger partial charge is 0.472 e. The maximum absolute atomic E-state index is 12.6. The maximum atomic E-state index is 12.6. The number of carboxylic acids is 1. The molecule has 55 heavy (non-hydrogen) atoms. The fourth-order valence-electron chi connectivity index (χ4n) is 6.24. The van der Waals surface area contributed by atoms with Gasteiger partial charge in [-0.2, -0.15) is 0 Å². The fourth-order valence-corrected chi connectivity index (χ4v) is 7.02. The van der Waals surface area contributed by atoms with Crippen molar-refractivity contribution in [3.8, 4) is 0 Å². The molecule has 0 aromatic heterocycles. The van der Waals surface area contributed by atoms with Gasteiger partial charge < -0.3 is 25.2 Å². The minimum atomic E-state index is -4.71. The number of aliphatic carboxylic acids is 1. The van der Waals surface area contributed by atoms with Crippen LogP contribution in [0.1, 0.15) is 213 Å². The van der Waals surface area contributed by atoms with Crippen LogP contribution in [0.15, 0.2) is 12.2 Å². The molecule has 3 unspecified atom stereocenters. The first-order valence-corrected chi connectivity index (χ1v) is 23.7. The summed E-state index contributed by atoms with van der Waals surface area (Å²) in [5.41, 5.74) is 5.33. The summed E-state index contributed by atoms with van der Waals surface area (Å²) in [6, 6.07) is -1.52. The Balaban J connectivity index is 4.26. The van der Waals surface area contributed by atoms with Crippen molar-refractivity contribution >= 4 is 25.7 Å². The number of ether oxygens (including phenoxy) is 2. The first kappa shape index (κ1) is 53.2. The van der Waals surface area contributed by atoms with Crippen molar-refractivity contribution in [1.29, 1.82) is 0 Å².